The van der Waals surface area contributed by atoms with E-state index >= 15 is 0 Å². The van der Waals surface area contributed by atoms with E-state index in [0.29, 0.717) is 13.2 Å². The molecule has 0 radical (unpaired) electrons. The van der Waals surface area contributed by atoms with Gasteiger partial charge in [0.15, 0.2) is 0 Å². The van der Waals surface area contributed by atoms with E-state index in [9.17, 15) is 4.79 Å². The maximum Gasteiger partial charge on any atom is 0.231 e. The minimum absolute atomic E-state index is 0.0143. The number of aryl methyl sites for hydroxylation is 2. The number of aromatic nitrogens is 2. The Morgan fingerprint density at radius 2 is 2.53 bits per heavy atom. The molecular weight excluding hydrogens is 218 g/mol. The highest BCUT2D eigenvalue weighted by atomic mass is 16.5. The van der Waals surface area contributed by atoms with Crippen molar-refractivity contribution in [3.63, 3.8) is 0 Å². The summed E-state index contributed by atoms with van der Waals surface area (Å²) in [5, 5.41) is 7.26. The second kappa shape index (κ2) is 5.31. The SMILES string of the molecule is CCCc1cc(NC(=O)C2CCOC2)n(C)n1. The second-order valence-corrected chi connectivity index (χ2v) is 4.44. The molecule has 5 nitrogen and oxygen atoms in total. The summed E-state index contributed by atoms with van der Waals surface area (Å²) < 4.78 is 6.93. The molecule has 1 aromatic heterocycles. The predicted octanol–water partition coefficient (Wildman–Crippen LogP) is 1.35. The number of hydrogen-bond donors (Lipinski definition) is 1. The smallest absolute Gasteiger partial charge is 0.231 e. The Morgan fingerprint density at radius 1 is 1.71 bits per heavy atom. The van der Waals surface area contributed by atoms with Gasteiger partial charge in [-0.05, 0) is 12.8 Å². The Hall–Kier alpha value is -1.36. The lowest BCUT2D eigenvalue weighted by molar-refractivity contribution is -0.119. The molecule has 0 aliphatic carbocycles. The highest BCUT2D eigenvalue weighted by Gasteiger charge is 2.24. The molecular formula is C12H19N3O2. The Kier molecular flexibility index (Phi) is 3.78. The standard InChI is InChI=1S/C12H19N3O2/c1-3-4-10-7-11(15(2)14-10)13-12(16)9-5-6-17-8-9/h7,9H,3-6,8H2,1-2H3,(H,13,16). The predicted molar refractivity (Wildman–Crippen MR) is 64.8 cm³/mol. The first kappa shape index (κ1) is 12.1. The Balaban J connectivity index is 1.99. The molecule has 0 aromatic carbocycles. The fourth-order valence-electron chi connectivity index (χ4n) is 1.99. The zero-order valence-corrected chi connectivity index (χ0v) is 10.4. The van der Waals surface area contributed by atoms with Crippen molar-refractivity contribution in [2.45, 2.75) is 26.2 Å². The monoisotopic (exact) mass is 237 g/mol. The third kappa shape index (κ3) is 2.85. The van der Waals surface area contributed by atoms with Crippen LogP contribution in [0.4, 0.5) is 5.82 Å². The summed E-state index contributed by atoms with van der Waals surface area (Å²) in [6, 6.07) is 1.94. The van der Waals surface area contributed by atoms with Crippen molar-refractivity contribution < 1.29 is 9.53 Å². The van der Waals surface area contributed by atoms with Crippen molar-refractivity contribution >= 4 is 11.7 Å². The average Bonchev–Trinajstić information content (AvgIpc) is 2.90. The van der Waals surface area contributed by atoms with E-state index in [4.69, 9.17) is 4.74 Å². The summed E-state index contributed by atoms with van der Waals surface area (Å²) >= 11 is 0. The van der Waals surface area contributed by atoms with Gasteiger partial charge >= 0.3 is 0 Å². The van der Waals surface area contributed by atoms with E-state index in [0.717, 1.165) is 30.8 Å². The van der Waals surface area contributed by atoms with E-state index in [1.165, 1.54) is 0 Å². The van der Waals surface area contributed by atoms with Gasteiger partial charge in [-0.3, -0.25) is 9.48 Å². The summed E-state index contributed by atoms with van der Waals surface area (Å²) in [7, 11) is 1.85. The average molecular weight is 237 g/mol. The van der Waals surface area contributed by atoms with Gasteiger partial charge < -0.3 is 10.1 Å². The number of ether oxygens (including phenoxy) is 1. The first-order valence-electron chi connectivity index (χ1n) is 6.12. The third-order valence-electron chi connectivity index (χ3n) is 2.99. The fraction of sp³-hybridized carbons (Fsp3) is 0.667. The van der Waals surface area contributed by atoms with Crippen LogP contribution in [0.5, 0.6) is 0 Å². The molecule has 1 unspecified atom stereocenters. The highest BCUT2D eigenvalue weighted by molar-refractivity contribution is 5.92. The number of rotatable bonds is 4. The summed E-state index contributed by atoms with van der Waals surface area (Å²) in [5.41, 5.74) is 1.02. The summed E-state index contributed by atoms with van der Waals surface area (Å²) in [6.45, 7) is 3.33. The molecule has 1 amide bonds. The van der Waals surface area contributed by atoms with E-state index in [-0.39, 0.29) is 11.8 Å². The lowest BCUT2D eigenvalue weighted by Crippen LogP contribution is -2.24. The normalized spacial score (nSPS) is 19.5. The van der Waals surface area contributed by atoms with Crippen LogP contribution in [0.2, 0.25) is 0 Å². The maximum atomic E-state index is 11.9. The molecule has 1 N–H and O–H groups in total. The van der Waals surface area contributed by atoms with Crippen LogP contribution in [0, 0.1) is 5.92 Å². The fourth-order valence-corrected chi connectivity index (χ4v) is 1.99. The van der Waals surface area contributed by atoms with Crippen LogP contribution in [0.15, 0.2) is 6.07 Å². The van der Waals surface area contributed by atoms with Crippen LogP contribution in [-0.2, 0) is 23.0 Å². The van der Waals surface area contributed by atoms with Gasteiger partial charge in [-0.15, -0.1) is 0 Å². The summed E-state index contributed by atoms with van der Waals surface area (Å²) in [4.78, 5) is 11.9. The van der Waals surface area contributed by atoms with Crippen LogP contribution < -0.4 is 5.32 Å². The van der Waals surface area contributed by atoms with Gasteiger partial charge in [-0.1, -0.05) is 13.3 Å². The van der Waals surface area contributed by atoms with E-state index < -0.39 is 0 Å². The Morgan fingerprint density at radius 3 is 3.18 bits per heavy atom. The molecule has 1 aliphatic heterocycles. The molecule has 0 bridgehead atoms. The molecule has 5 heteroatoms. The van der Waals surface area contributed by atoms with Crippen LogP contribution in [0.25, 0.3) is 0 Å². The third-order valence-corrected chi connectivity index (χ3v) is 2.99. The lowest BCUT2D eigenvalue weighted by Gasteiger charge is -2.08. The second-order valence-electron chi connectivity index (χ2n) is 4.44. The minimum atomic E-state index is -0.0143. The van der Waals surface area contributed by atoms with Crippen LogP contribution in [0.1, 0.15) is 25.5 Å². The topological polar surface area (TPSA) is 56.1 Å². The largest absolute Gasteiger partial charge is 0.381 e. The quantitative estimate of drug-likeness (QED) is 0.860. The van der Waals surface area contributed by atoms with Gasteiger partial charge in [0.2, 0.25) is 5.91 Å². The van der Waals surface area contributed by atoms with Crippen molar-refractivity contribution in [1.29, 1.82) is 0 Å². The van der Waals surface area contributed by atoms with E-state index in [1.54, 1.807) is 4.68 Å². The highest BCUT2D eigenvalue weighted by Crippen LogP contribution is 2.16. The molecule has 1 saturated heterocycles. The molecule has 1 aliphatic rings. The molecule has 2 heterocycles. The van der Waals surface area contributed by atoms with Gasteiger partial charge in [0.25, 0.3) is 0 Å². The molecule has 94 valence electrons. The van der Waals surface area contributed by atoms with Crippen molar-refractivity contribution in [3.05, 3.63) is 11.8 Å². The molecule has 0 saturated carbocycles. The Labute approximate surface area is 101 Å². The molecule has 0 spiro atoms. The maximum absolute atomic E-state index is 11.9. The van der Waals surface area contributed by atoms with Crippen molar-refractivity contribution in [1.82, 2.24) is 9.78 Å². The number of anilines is 1. The molecule has 1 atom stereocenters. The number of hydrogen-bond acceptors (Lipinski definition) is 3. The lowest BCUT2D eigenvalue weighted by atomic mass is 10.1. The Bertz CT molecular complexity index is 394. The van der Waals surface area contributed by atoms with Gasteiger partial charge in [0.1, 0.15) is 5.82 Å². The number of carbonyl (C=O) groups excluding carboxylic acids is 1. The zero-order valence-electron chi connectivity index (χ0n) is 10.4. The van der Waals surface area contributed by atoms with Gasteiger partial charge in [0.05, 0.1) is 18.2 Å². The van der Waals surface area contributed by atoms with E-state index in [1.807, 2.05) is 13.1 Å². The number of amides is 1. The molecule has 1 fully saturated rings. The number of carbonyl (C=O) groups is 1. The zero-order chi connectivity index (χ0) is 12.3. The van der Waals surface area contributed by atoms with Crippen LogP contribution in [0.3, 0.4) is 0 Å². The van der Waals surface area contributed by atoms with Crippen molar-refractivity contribution in [3.8, 4) is 0 Å². The molecule has 2 rings (SSSR count). The van der Waals surface area contributed by atoms with Crippen LogP contribution >= 0.6 is 0 Å². The van der Waals surface area contributed by atoms with Crippen LogP contribution in [-0.4, -0.2) is 28.9 Å². The number of nitrogens with one attached hydrogen (secondary N) is 1. The van der Waals surface area contributed by atoms with Gasteiger partial charge in [0, 0.05) is 19.7 Å². The van der Waals surface area contributed by atoms with E-state index in [2.05, 4.69) is 17.3 Å². The van der Waals surface area contributed by atoms with Crippen molar-refractivity contribution in [2.24, 2.45) is 13.0 Å². The van der Waals surface area contributed by atoms with Crippen molar-refractivity contribution in [2.75, 3.05) is 18.5 Å². The van der Waals surface area contributed by atoms with Gasteiger partial charge in [-0.25, -0.2) is 0 Å². The first-order valence-corrected chi connectivity index (χ1v) is 6.12. The molecule has 17 heavy (non-hydrogen) atoms. The molecule has 1 aromatic rings. The summed E-state index contributed by atoms with van der Waals surface area (Å²) in [5.74, 6) is 0.790. The minimum Gasteiger partial charge on any atom is -0.381 e. The van der Waals surface area contributed by atoms with Gasteiger partial charge in [-0.2, -0.15) is 5.10 Å². The number of nitrogens with zero attached hydrogens (tertiary/aromatic N) is 2. The first-order chi connectivity index (χ1) is 8.20. The summed E-state index contributed by atoms with van der Waals surface area (Å²) in [6.07, 6.45) is 2.81.